The van der Waals surface area contributed by atoms with E-state index in [4.69, 9.17) is 9.47 Å². The fourth-order valence-corrected chi connectivity index (χ4v) is 2.69. The molecule has 0 radical (unpaired) electrons. The number of hydrogen-bond donors (Lipinski definition) is 1. The van der Waals surface area contributed by atoms with Crippen LogP contribution in [0.2, 0.25) is 0 Å². The second kappa shape index (κ2) is 5.40. The molecule has 0 unspecified atom stereocenters. The summed E-state index contributed by atoms with van der Waals surface area (Å²) in [7, 11) is 0. The Balaban J connectivity index is 1.60. The Morgan fingerprint density at radius 1 is 1.28 bits per heavy atom. The average molecular weight is 341 g/mol. The zero-order valence-corrected chi connectivity index (χ0v) is 13.6. The summed E-state index contributed by atoms with van der Waals surface area (Å²) in [5.41, 5.74) is 0.0349. The van der Waals surface area contributed by atoms with Crippen LogP contribution in [-0.4, -0.2) is 39.0 Å². The van der Waals surface area contributed by atoms with E-state index in [9.17, 15) is 9.59 Å². The highest BCUT2D eigenvalue weighted by atomic mass is 16.5. The molecule has 0 spiro atoms. The van der Waals surface area contributed by atoms with E-state index < -0.39 is 17.5 Å². The van der Waals surface area contributed by atoms with Gasteiger partial charge in [0.1, 0.15) is 23.4 Å². The van der Waals surface area contributed by atoms with Crippen LogP contribution in [0.4, 0.5) is 10.7 Å². The molecule has 0 aliphatic carbocycles. The number of anilines is 1. The largest absolute Gasteiger partial charge is 0.493 e. The lowest BCUT2D eigenvalue weighted by Crippen LogP contribution is -2.40. The Bertz CT molecular complexity index is 883. The number of nitrogens with zero attached hydrogens (tertiary/aromatic N) is 4. The Morgan fingerprint density at radius 2 is 2.12 bits per heavy atom. The number of carbonyl (C=O) groups excluding carboxylic acids is 2. The lowest BCUT2D eigenvalue weighted by molar-refractivity contribution is -0.121. The fourth-order valence-electron chi connectivity index (χ4n) is 2.69. The van der Waals surface area contributed by atoms with Crippen molar-refractivity contribution in [3.8, 4) is 17.5 Å². The van der Waals surface area contributed by atoms with E-state index in [0.29, 0.717) is 12.4 Å². The van der Waals surface area contributed by atoms with Gasteiger partial charge >= 0.3 is 12.0 Å². The summed E-state index contributed by atoms with van der Waals surface area (Å²) in [6.07, 6.45) is 2.01. The normalized spacial score (nSPS) is 17.9. The van der Waals surface area contributed by atoms with Gasteiger partial charge in [-0.15, -0.1) is 0 Å². The monoisotopic (exact) mass is 341 g/mol. The number of fused-ring (bicyclic) bond motifs is 1. The minimum Gasteiger partial charge on any atom is -0.493 e. The van der Waals surface area contributed by atoms with Crippen molar-refractivity contribution in [2.75, 3.05) is 11.5 Å². The summed E-state index contributed by atoms with van der Waals surface area (Å²) in [4.78, 5) is 37.2. The third-order valence-corrected chi connectivity index (χ3v) is 3.97. The van der Waals surface area contributed by atoms with Gasteiger partial charge in [0.2, 0.25) is 5.95 Å². The molecule has 1 aromatic heterocycles. The van der Waals surface area contributed by atoms with Crippen molar-refractivity contribution in [3.63, 3.8) is 0 Å². The third kappa shape index (κ3) is 2.63. The fraction of sp³-hybridized carbons (Fsp3) is 0.312. The Morgan fingerprint density at radius 3 is 2.88 bits per heavy atom. The van der Waals surface area contributed by atoms with Crippen LogP contribution in [0.15, 0.2) is 24.5 Å². The second-order valence-corrected chi connectivity index (χ2v) is 6.23. The van der Waals surface area contributed by atoms with E-state index in [0.717, 1.165) is 22.6 Å². The first-order valence-corrected chi connectivity index (χ1v) is 7.73. The number of amides is 3. The van der Waals surface area contributed by atoms with Gasteiger partial charge in [0.15, 0.2) is 0 Å². The minimum absolute atomic E-state index is 0.00540. The number of imide groups is 1. The lowest BCUT2D eigenvalue weighted by atomic mass is 10.1. The first kappa shape index (κ1) is 15.3. The molecule has 25 heavy (non-hydrogen) atoms. The number of carbonyl (C=O) groups is 2. The molecule has 1 aromatic carbocycles. The van der Waals surface area contributed by atoms with Gasteiger partial charge in [-0.05, 0) is 32.0 Å². The molecule has 1 N–H and O–H groups in total. The van der Waals surface area contributed by atoms with Crippen LogP contribution < -0.4 is 19.7 Å². The van der Waals surface area contributed by atoms with Crippen LogP contribution >= 0.6 is 0 Å². The van der Waals surface area contributed by atoms with Gasteiger partial charge in [0, 0.05) is 12.0 Å². The van der Waals surface area contributed by atoms with Crippen molar-refractivity contribution in [3.05, 3.63) is 30.1 Å². The van der Waals surface area contributed by atoms with Gasteiger partial charge in [0.25, 0.3) is 5.91 Å². The molecule has 9 nitrogen and oxygen atoms in total. The molecular weight excluding hydrogens is 326 g/mol. The van der Waals surface area contributed by atoms with Gasteiger partial charge in [0.05, 0.1) is 6.61 Å². The van der Waals surface area contributed by atoms with Gasteiger partial charge < -0.3 is 14.8 Å². The predicted molar refractivity (Wildman–Crippen MR) is 85.6 cm³/mol. The van der Waals surface area contributed by atoms with Crippen LogP contribution in [0, 0.1) is 0 Å². The van der Waals surface area contributed by atoms with E-state index >= 15 is 0 Å². The third-order valence-electron chi connectivity index (χ3n) is 3.97. The molecule has 128 valence electrons. The first-order chi connectivity index (χ1) is 11.9. The standard InChI is InChI=1S/C16H15N5O4/c1-16(2)12(22)21(15(23)20-16)13-17-8-18-14(19-13)25-10-3-4-11-9(7-10)5-6-24-11/h3-4,7-8H,5-6H2,1-2H3,(H,20,23). The number of nitrogens with one attached hydrogen (secondary N) is 1. The van der Waals surface area contributed by atoms with Gasteiger partial charge in [-0.1, -0.05) is 0 Å². The maximum absolute atomic E-state index is 12.3. The summed E-state index contributed by atoms with van der Waals surface area (Å²) in [5.74, 6) is 0.857. The van der Waals surface area contributed by atoms with E-state index in [1.54, 1.807) is 19.9 Å². The second-order valence-electron chi connectivity index (χ2n) is 6.23. The molecule has 2 aliphatic rings. The van der Waals surface area contributed by atoms with Crippen molar-refractivity contribution >= 4 is 17.9 Å². The van der Waals surface area contributed by atoms with Crippen molar-refractivity contribution in [2.24, 2.45) is 0 Å². The van der Waals surface area contributed by atoms with Crippen LogP contribution in [-0.2, 0) is 11.2 Å². The number of rotatable bonds is 3. The van der Waals surface area contributed by atoms with Crippen LogP contribution in [0.25, 0.3) is 0 Å². The highest BCUT2D eigenvalue weighted by Crippen LogP contribution is 2.30. The molecular formula is C16H15N5O4. The molecule has 9 heteroatoms. The van der Waals surface area contributed by atoms with E-state index in [1.807, 2.05) is 12.1 Å². The first-order valence-electron chi connectivity index (χ1n) is 7.73. The smallest absolute Gasteiger partial charge is 0.332 e. The quantitative estimate of drug-likeness (QED) is 0.842. The Hall–Kier alpha value is -3.23. The highest BCUT2D eigenvalue weighted by Gasteiger charge is 2.46. The summed E-state index contributed by atoms with van der Waals surface area (Å²) in [6.45, 7) is 3.87. The van der Waals surface area contributed by atoms with Crippen molar-refractivity contribution in [1.82, 2.24) is 20.3 Å². The SMILES string of the molecule is CC1(C)NC(=O)N(c2ncnc(Oc3ccc4c(c3)CCO4)n2)C1=O. The molecule has 0 bridgehead atoms. The maximum atomic E-state index is 12.3. The number of urea groups is 1. The summed E-state index contributed by atoms with van der Waals surface area (Å²) >= 11 is 0. The maximum Gasteiger partial charge on any atom is 0.332 e. The molecule has 4 rings (SSSR count). The van der Waals surface area contributed by atoms with Crippen molar-refractivity contribution < 1.29 is 19.1 Å². The van der Waals surface area contributed by atoms with Crippen molar-refractivity contribution in [2.45, 2.75) is 25.8 Å². The van der Waals surface area contributed by atoms with Crippen molar-refractivity contribution in [1.29, 1.82) is 0 Å². The predicted octanol–water partition coefficient (Wildman–Crippen LogP) is 1.43. The summed E-state index contributed by atoms with van der Waals surface area (Å²) in [5, 5.41) is 2.57. The Labute approximate surface area is 143 Å². The lowest BCUT2D eigenvalue weighted by Gasteiger charge is -2.14. The van der Waals surface area contributed by atoms with Gasteiger partial charge in [-0.3, -0.25) is 4.79 Å². The van der Waals surface area contributed by atoms with Crippen LogP contribution in [0.3, 0.4) is 0 Å². The molecule has 0 atom stereocenters. The minimum atomic E-state index is -1.01. The molecule has 3 heterocycles. The summed E-state index contributed by atoms with van der Waals surface area (Å²) in [6, 6.07) is 4.82. The van der Waals surface area contributed by atoms with E-state index in [2.05, 4.69) is 20.3 Å². The van der Waals surface area contributed by atoms with Gasteiger partial charge in [-0.2, -0.15) is 14.9 Å². The topological polar surface area (TPSA) is 107 Å². The molecule has 2 aromatic rings. The molecule has 1 fully saturated rings. The molecule has 1 saturated heterocycles. The number of aromatic nitrogens is 3. The molecule has 2 aliphatic heterocycles. The number of benzene rings is 1. The molecule has 0 saturated carbocycles. The van der Waals surface area contributed by atoms with E-state index in [1.165, 1.54) is 6.33 Å². The highest BCUT2D eigenvalue weighted by molar-refractivity contribution is 6.22. The molecule has 3 amide bonds. The number of ether oxygens (including phenoxy) is 2. The average Bonchev–Trinajstić information content (AvgIpc) is 3.09. The van der Waals surface area contributed by atoms with Gasteiger partial charge in [-0.25, -0.2) is 9.78 Å². The zero-order valence-electron chi connectivity index (χ0n) is 13.6. The van der Waals surface area contributed by atoms with E-state index in [-0.39, 0.29) is 12.0 Å². The zero-order chi connectivity index (χ0) is 17.6. The van der Waals surface area contributed by atoms with Crippen LogP contribution in [0.1, 0.15) is 19.4 Å². The number of hydrogen-bond acceptors (Lipinski definition) is 7. The Kier molecular flexibility index (Phi) is 3.31. The van der Waals surface area contributed by atoms with Crippen LogP contribution in [0.5, 0.6) is 17.5 Å². The summed E-state index contributed by atoms with van der Waals surface area (Å²) < 4.78 is 11.1.